The summed E-state index contributed by atoms with van der Waals surface area (Å²) < 4.78 is 1.61. The van der Waals surface area contributed by atoms with Crippen LogP contribution in [0.4, 0.5) is 11.4 Å². The van der Waals surface area contributed by atoms with Crippen LogP contribution in [0.2, 0.25) is 0 Å². The van der Waals surface area contributed by atoms with E-state index in [1.807, 2.05) is 26.0 Å². The lowest BCUT2D eigenvalue weighted by atomic mass is 10.2. The summed E-state index contributed by atoms with van der Waals surface area (Å²) in [6, 6.07) is 14.0. The maximum atomic E-state index is 12.8. The Morgan fingerprint density at radius 1 is 1.07 bits per heavy atom. The molecule has 0 saturated carbocycles. The Morgan fingerprint density at radius 3 is 2.45 bits per heavy atom. The van der Waals surface area contributed by atoms with Gasteiger partial charge in [0.15, 0.2) is 5.16 Å². The predicted octanol–water partition coefficient (Wildman–Crippen LogP) is 3.67. The molecule has 150 valence electrons. The highest BCUT2D eigenvalue weighted by Gasteiger charge is 2.15. The van der Waals surface area contributed by atoms with Gasteiger partial charge in [0.25, 0.3) is 5.56 Å². The molecule has 3 rings (SSSR count). The Hall–Kier alpha value is -3.13. The maximum Gasteiger partial charge on any atom is 0.262 e. The third-order valence-electron chi connectivity index (χ3n) is 4.09. The van der Waals surface area contributed by atoms with Gasteiger partial charge in [-0.05, 0) is 44.2 Å². The summed E-state index contributed by atoms with van der Waals surface area (Å²) in [4.78, 5) is 41.0. The van der Waals surface area contributed by atoms with Crippen molar-refractivity contribution in [2.45, 2.75) is 32.0 Å². The number of thioether (sulfide) groups is 1. The number of carbonyl (C=O) groups is 2. The molecule has 1 heterocycles. The van der Waals surface area contributed by atoms with Gasteiger partial charge in [-0.3, -0.25) is 19.0 Å². The molecule has 8 heteroatoms. The summed E-state index contributed by atoms with van der Waals surface area (Å²) in [5.74, 6) is -0.312. The first kappa shape index (κ1) is 20.6. The summed E-state index contributed by atoms with van der Waals surface area (Å²) in [6.45, 7) is 5.25. The second kappa shape index (κ2) is 8.91. The Bertz CT molecular complexity index is 1120. The van der Waals surface area contributed by atoms with Crippen molar-refractivity contribution >= 4 is 45.9 Å². The minimum Gasteiger partial charge on any atom is -0.326 e. The highest BCUT2D eigenvalue weighted by molar-refractivity contribution is 7.99. The standard InChI is InChI=1S/C21H22N4O3S/c1-13(2)25-20(28)17-9-4-5-10-18(17)24-21(25)29-12-19(27)23-16-8-6-7-15(11-16)22-14(3)26/h4-11,13H,12H2,1-3H3,(H,22,26)(H,23,27). The number of anilines is 2. The molecular weight excluding hydrogens is 388 g/mol. The summed E-state index contributed by atoms with van der Waals surface area (Å²) >= 11 is 1.22. The smallest absolute Gasteiger partial charge is 0.262 e. The lowest BCUT2D eigenvalue weighted by molar-refractivity contribution is -0.114. The number of benzene rings is 2. The molecule has 0 spiro atoms. The molecule has 0 saturated heterocycles. The Kier molecular flexibility index (Phi) is 6.33. The minimum absolute atomic E-state index is 0.0838. The van der Waals surface area contributed by atoms with Gasteiger partial charge in [-0.2, -0.15) is 0 Å². The normalized spacial score (nSPS) is 10.9. The van der Waals surface area contributed by atoms with E-state index in [2.05, 4.69) is 15.6 Å². The van der Waals surface area contributed by atoms with E-state index < -0.39 is 0 Å². The molecule has 2 aromatic carbocycles. The second-order valence-corrected chi connectivity index (χ2v) is 7.72. The van der Waals surface area contributed by atoms with Gasteiger partial charge < -0.3 is 10.6 Å². The molecule has 0 aliphatic carbocycles. The average molecular weight is 410 g/mol. The fraction of sp³-hybridized carbons (Fsp3) is 0.238. The van der Waals surface area contributed by atoms with Crippen LogP contribution in [-0.4, -0.2) is 27.1 Å². The third kappa shape index (κ3) is 5.03. The van der Waals surface area contributed by atoms with E-state index in [9.17, 15) is 14.4 Å². The molecule has 29 heavy (non-hydrogen) atoms. The number of rotatable bonds is 6. The summed E-state index contributed by atoms with van der Waals surface area (Å²) in [5, 5.41) is 6.54. The Labute approximate surface area is 172 Å². The van der Waals surface area contributed by atoms with Crippen LogP contribution in [0.1, 0.15) is 26.8 Å². The van der Waals surface area contributed by atoms with E-state index >= 15 is 0 Å². The maximum absolute atomic E-state index is 12.8. The molecule has 0 radical (unpaired) electrons. The van der Waals surface area contributed by atoms with Crippen molar-refractivity contribution in [3.63, 3.8) is 0 Å². The van der Waals surface area contributed by atoms with Crippen molar-refractivity contribution in [2.24, 2.45) is 0 Å². The van der Waals surface area contributed by atoms with Crippen molar-refractivity contribution in [1.82, 2.24) is 9.55 Å². The van der Waals surface area contributed by atoms with Crippen LogP contribution in [0.5, 0.6) is 0 Å². The quantitative estimate of drug-likeness (QED) is 0.478. The van der Waals surface area contributed by atoms with Crippen molar-refractivity contribution in [3.05, 3.63) is 58.9 Å². The highest BCUT2D eigenvalue weighted by atomic mass is 32.2. The molecule has 7 nitrogen and oxygen atoms in total. The lowest BCUT2D eigenvalue weighted by Gasteiger charge is -2.16. The lowest BCUT2D eigenvalue weighted by Crippen LogP contribution is -2.25. The fourth-order valence-electron chi connectivity index (χ4n) is 2.89. The van der Waals surface area contributed by atoms with Gasteiger partial charge in [-0.15, -0.1) is 0 Å². The molecule has 2 amide bonds. The van der Waals surface area contributed by atoms with Gasteiger partial charge in [0.2, 0.25) is 11.8 Å². The van der Waals surface area contributed by atoms with Gasteiger partial charge in [0, 0.05) is 24.3 Å². The van der Waals surface area contributed by atoms with Gasteiger partial charge >= 0.3 is 0 Å². The topological polar surface area (TPSA) is 93.1 Å². The van der Waals surface area contributed by atoms with Crippen LogP contribution in [0.25, 0.3) is 10.9 Å². The number of carbonyl (C=O) groups excluding carboxylic acids is 2. The molecule has 0 unspecified atom stereocenters. The number of para-hydroxylation sites is 1. The van der Waals surface area contributed by atoms with Crippen LogP contribution < -0.4 is 16.2 Å². The van der Waals surface area contributed by atoms with E-state index in [1.54, 1.807) is 41.0 Å². The van der Waals surface area contributed by atoms with E-state index in [0.717, 1.165) is 0 Å². The zero-order valence-corrected chi connectivity index (χ0v) is 17.2. The predicted molar refractivity (Wildman–Crippen MR) is 116 cm³/mol. The van der Waals surface area contributed by atoms with Crippen LogP contribution in [0, 0.1) is 0 Å². The van der Waals surface area contributed by atoms with E-state index in [-0.39, 0.29) is 29.2 Å². The Balaban J connectivity index is 1.76. The van der Waals surface area contributed by atoms with Crippen molar-refractivity contribution in [2.75, 3.05) is 16.4 Å². The van der Waals surface area contributed by atoms with Crippen LogP contribution in [0.15, 0.2) is 58.5 Å². The number of fused-ring (bicyclic) bond motifs is 1. The van der Waals surface area contributed by atoms with Gasteiger partial charge in [-0.1, -0.05) is 30.0 Å². The number of nitrogens with one attached hydrogen (secondary N) is 2. The van der Waals surface area contributed by atoms with E-state index in [4.69, 9.17) is 0 Å². The first-order valence-corrected chi connectivity index (χ1v) is 10.2. The average Bonchev–Trinajstić information content (AvgIpc) is 2.66. The van der Waals surface area contributed by atoms with E-state index in [1.165, 1.54) is 18.7 Å². The number of aromatic nitrogens is 2. The largest absolute Gasteiger partial charge is 0.326 e. The van der Waals surface area contributed by atoms with Crippen molar-refractivity contribution < 1.29 is 9.59 Å². The zero-order chi connectivity index (χ0) is 21.0. The molecular formula is C21H22N4O3S. The minimum atomic E-state index is -0.229. The molecule has 2 N–H and O–H groups in total. The van der Waals surface area contributed by atoms with Gasteiger partial charge in [0.05, 0.1) is 16.7 Å². The summed E-state index contributed by atoms with van der Waals surface area (Å²) in [6.07, 6.45) is 0. The van der Waals surface area contributed by atoms with E-state index in [0.29, 0.717) is 27.4 Å². The van der Waals surface area contributed by atoms with Crippen LogP contribution in [0.3, 0.4) is 0 Å². The number of hydrogen-bond acceptors (Lipinski definition) is 5. The van der Waals surface area contributed by atoms with Crippen molar-refractivity contribution in [3.8, 4) is 0 Å². The molecule has 0 aliphatic rings. The summed E-state index contributed by atoms with van der Waals surface area (Å²) in [7, 11) is 0. The van der Waals surface area contributed by atoms with Gasteiger partial charge in [-0.25, -0.2) is 4.98 Å². The van der Waals surface area contributed by atoms with Crippen LogP contribution in [-0.2, 0) is 9.59 Å². The number of nitrogens with zero attached hydrogens (tertiary/aromatic N) is 2. The monoisotopic (exact) mass is 410 g/mol. The third-order valence-corrected chi connectivity index (χ3v) is 5.04. The second-order valence-electron chi connectivity index (χ2n) is 6.78. The first-order valence-electron chi connectivity index (χ1n) is 9.16. The molecule has 0 aliphatic heterocycles. The van der Waals surface area contributed by atoms with Gasteiger partial charge in [0.1, 0.15) is 0 Å². The molecule has 0 bridgehead atoms. The number of hydrogen-bond donors (Lipinski definition) is 2. The highest BCUT2D eigenvalue weighted by Crippen LogP contribution is 2.21. The fourth-order valence-corrected chi connectivity index (χ4v) is 3.82. The molecule has 0 fully saturated rings. The molecule has 0 atom stereocenters. The van der Waals surface area contributed by atoms with Crippen LogP contribution >= 0.6 is 11.8 Å². The zero-order valence-electron chi connectivity index (χ0n) is 16.4. The van der Waals surface area contributed by atoms with Crippen molar-refractivity contribution in [1.29, 1.82) is 0 Å². The number of amides is 2. The summed E-state index contributed by atoms with van der Waals surface area (Å²) in [5.41, 5.74) is 1.68. The first-order chi connectivity index (χ1) is 13.8. The Morgan fingerprint density at radius 2 is 1.76 bits per heavy atom. The SMILES string of the molecule is CC(=O)Nc1cccc(NC(=O)CSc2nc3ccccc3c(=O)n2C(C)C)c1. The molecule has 1 aromatic heterocycles. The molecule has 3 aromatic rings.